The molecule has 22 heavy (non-hydrogen) atoms. The number of halogens is 2. The first-order chi connectivity index (χ1) is 10.6. The van der Waals surface area contributed by atoms with E-state index >= 15 is 0 Å². The molecule has 6 heteroatoms. The van der Waals surface area contributed by atoms with Gasteiger partial charge in [0, 0.05) is 15.1 Å². The van der Waals surface area contributed by atoms with Gasteiger partial charge in [-0.15, -0.1) is 0 Å². The minimum atomic E-state index is -0.354. The molecule has 0 bridgehead atoms. The van der Waals surface area contributed by atoms with Crippen molar-refractivity contribution in [2.45, 2.75) is 6.92 Å². The molecule has 0 atom stereocenters. The van der Waals surface area contributed by atoms with Gasteiger partial charge in [0.2, 0.25) is 0 Å². The number of nitrogens with zero attached hydrogens (tertiary/aromatic N) is 1. The van der Waals surface area contributed by atoms with Gasteiger partial charge in [-0.2, -0.15) is 0 Å². The first-order valence-corrected chi connectivity index (χ1v) is 7.88. The van der Waals surface area contributed by atoms with Crippen molar-refractivity contribution in [2.24, 2.45) is 0 Å². The number of rotatable bonds is 3. The van der Waals surface area contributed by atoms with Gasteiger partial charge in [-0.3, -0.25) is 0 Å². The largest absolute Gasteiger partial charge is 0.462 e. The smallest absolute Gasteiger partial charge is 0.338 e. The molecule has 0 fully saturated rings. The summed E-state index contributed by atoms with van der Waals surface area (Å²) < 4.78 is 5.77. The minimum Gasteiger partial charge on any atom is -0.462 e. The van der Waals surface area contributed by atoms with Crippen molar-refractivity contribution in [1.29, 1.82) is 0 Å². The number of ether oxygens (including phenoxy) is 1. The van der Waals surface area contributed by atoms with E-state index in [0.29, 0.717) is 23.0 Å². The SMILES string of the molecule is CCOC(=O)c1cc(Br)c2nc(-c3ccc(Cl)cc3)[nH]c2c1. The van der Waals surface area contributed by atoms with Crippen molar-refractivity contribution in [2.75, 3.05) is 6.61 Å². The quantitative estimate of drug-likeness (QED) is 0.664. The highest BCUT2D eigenvalue weighted by molar-refractivity contribution is 9.10. The number of carbonyl (C=O) groups is 1. The zero-order chi connectivity index (χ0) is 15.7. The molecule has 0 aliphatic heterocycles. The summed E-state index contributed by atoms with van der Waals surface area (Å²) in [5.74, 6) is 0.362. The van der Waals surface area contributed by atoms with Crippen LogP contribution in [0.3, 0.4) is 0 Å². The highest BCUT2D eigenvalue weighted by Gasteiger charge is 2.14. The van der Waals surface area contributed by atoms with Gasteiger partial charge in [0.1, 0.15) is 11.3 Å². The van der Waals surface area contributed by atoms with Crippen LogP contribution in [0.5, 0.6) is 0 Å². The number of carbonyl (C=O) groups excluding carboxylic acids is 1. The Morgan fingerprint density at radius 3 is 2.73 bits per heavy atom. The molecule has 1 N–H and O–H groups in total. The zero-order valence-electron chi connectivity index (χ0n) is 11.7. The van der Waals surface area contributed by atoms with Gasteiger partial charge in [0.25, 0.3) is 0 Å². The van der Waals surface area contributed by atoms with Gasteiger partial charge in [0.15, 0.2) is 0 Å². The van der Waals surface area contributed by atoms with Crippen molar-refractivity contribution in [3.63, 3.8) is 0 Å². The molecule has 4 nitrogen and oxygen atoms in total. The molecule has 3 rings (SSSR count). The molecule has 0 spiro atoms. The molecule has 0 saturated heterocycles. The molecule has 0 aliphatic rings. The van der Waals surface area contributed by atoms with E-state index in [4.69, 9.17) is 16.3 Å². The summed E-state index contributed by atoms with van der Waals surface area (Å²) in [6, 6.07) is 10.9. The molecule has 112 valence electrons. The second-order valence-corrected chi connectivity index (χ2v) is 5.96. The Morgan fingerprint density at radius 2 is 2.05 bits per heavy atom. The fourth-order valence-corrected chi connectivity index (χ4v) is 2.83. The topological polar surface area (TPSA) is 55.0 Å². The van der Waals surface area contributed by atoms with E-state index in [2.05, 4.69) is 25.9 Å². The predicted octanol–water partition coefficient (Wildman–Crippen LogP) is 4.82. The first-order valence-electron chi connectivity index (χ1n) is 6.71. The van der Waals surface area contributed by atoms with Gasteiger partial charge in [-0.05, 0) is 59.3 Å². The van der Waals surface area contributed by atoms with Crippen molar-refractivity contribution in [3.8, 4) is 11.4 Å². The molecule has 1 heterocycles. The van der Waals surface area contributed by atoms with Crippen LogP contribution in [0.2, 0.25) is 5.02 Å². The molecule has 0 unspecified atom stereocenters. The summed E-state index contributed by atoms with van der Waals surface area (Å²) >= 11 is 9.35. The van der Waals surface area contributed by atoms with E-state index in [1.165, 1.54) is 0 Å². The summed E-state index contributed by atoms with van der Waals surface area (Å²) in [5, 5.41) is 0.672. The number of aromatic nitrogens is 2. The Kier molecular flexibility index (Phi) is 4.18. The van der Waals surface area contributed by atoms with Crippen molar-refractivity contribution >= 4 is 44.5 Å². The van der Waals surface area contributed by atoms with Crippen LogP contribution in [0, 0.1) is 0 Å². The van der Waals surface area contributed by atoms with Crippen LogP contribution in [0.25, 0.3) is 22.4 Å². The first kappa shape index (κ1) is 15.1. The second kappa shape index (κ2) is 6.10. The fourth-order valence-electron chi connectivity index (χ4n) is 2.15. The number of nitrogens with one attached hydrogen (secondary N) is 1. The lowest BCUT2D eigenvalue weighted by Gasteiger charge is -2.02. The normalized spacial score (nSPS) is 10.9. The summed E-state index contributed by atoms with van der Waals surface area (Å²) in [4.78, 5) is 19.6. The zero-order valence-corrected chi connectivity index (χ0v) is 14.0. The Labute approximate surface area is 140 Å². The van der Waals surface area contributed by atoms with Gasteiger partial charge in [-0.1, -0.05) is 11.6 Å². The average Bonchev–Trinajstić information content (AvgIpc) is 2.93. The third-order valence-electron chi connectivity index (χ3n) is 3.17. The Bertz CT molecular complexity index is 843. The van der Waals surface area contributed by atoms with E-state index < -0.39 is 0 Å². The molecule has 0 radical (unpaired) electrons. The number of benzene rings is 2. The Hall–Kier alpha value is -1.85. The number of esters is 1. The standard InChI is InChI=1S/C16H12BrClN2O2/c1-2-22-16(21)10-7-12(17)14-13(8-10)19-15(20-14)9-3-5-11(18)6-4-9/h3-8H,2H2,1H3,(H,19,20). The van der Waals surface area contributed by atoms with Crippen LogP contribution in [-0.2, 0) is 4.74 Å². The van der Waals surface area contributed by atoms with Crippen LogP contribution in [-0.4, -0.2) is 22.5 Å². The van der Waals surface area contributed by atoms with E-state index in [9.17, 15) is 4.79 Å². The number of fused-ring (bicyclic) bond motifs is 1. The van der Waals surface area contributed by atoms with Crippen molar-refractivity contribution < 1.29 is 9.53 Å². The number of hydrogen-bond donors (Lipinski definition) is 1. The molecule has 0 amide bonds. The van der Waals surface area contributed by atoms with Crippen LogP contribution >= 0.6 is 27.5 Å². The van der Waals surface area contributed by atoms with Crippen LogP contribution in [0.4, 0.5) is 0 Å². The second-order valence-electron chi connectivity index (χ2n) is 4.67. The van der Waals surface area contributed by atoms with Gasteiger partial charge < -0.3 is 9.72 Å². The monoisotopic (exact) mass is 378 g/mol. The number of imidazole rings is 1. The summed E-state index contributed by atoms with van der Waals surface area (Å²) in [7, 11) is 0. The molecule has 2 aromatic carbocycles. The predicted molar refractivity (Wildman–Crippen MR) is 90.2 cm³/mol. The summed E-state index contributed by atoms with van der Waals surface area (Å²) in [6.07, 6.45) is 0. The summed E-state index contributed by atoms with van der Waals surface area (Å²) in [5.41, 5.74) is 2.93. The van der Waals surface area contributed by atoms with E-state index in [0.717, 1.165) is 21.1 Å². The minimum absolute atomic E-state index is 0.341. The summed E-state index contributed by atoms with van der Waals surface area (Å²) in [6.45, 7) is 2.12. The fraction of sp³-hybridized carbons (Fsp3) is 0.125. The molecule has 0 aliphatic carbocycles. The molecule has 0 saturated carbocycles. The molecule has 3 aromatic rings. The Morgan fingerprint density at radius 1 is 1.32 bits per heavy atom. The number of hydrogen-bond acceptors (Lipinski definition) is 3. The van der Waals surface area contributed by atoms with Gasteiger partial charge in [-0.25, -0.2) is 9.78 Å². The van der Waals surface area contributed by atoms with Crippen LogP contribution in [0.1, 0.15) is 17.3 Å². The van der Waals surface area contributed by atoms with Gasteiger partial charge in [0.05, 0.1) is 17.7 Å². The van der Waals surface area contributed by atoms with Gasteiger partial charge >= 0.3 is 5.97 Å². The third-order valence-corrected chi connectivity index (χ3v) is 4.03. The maximum Gasteiger partial charge on any atom is 0.338 e. The lowest BCUT2D eigenvalue weighted by molar-refractivity contribution is 0.0526. The van der Waals surface area contributed by atoms with Crippen molar-refractivity contribution in [1.82, 2.24) is 9.97 Å². The van der Waals surface area contributed by atoms with E-state index in [1.807, 2.05) is 24.3 Å². The van der Waals surface area contributed by atoms with Crippen molar-refractivity contribution in [3.05, 3.63) is 51.5 Å². The maximum atomic E-state index is 11.9. The van der Waals surface area contributed by atoms with E-state index in [1.54, 1.807) is 19.1 Å². The lowest BCUT2D eigenvalue weighted by Crippen LogP contribution is -2.04. The molecule has 1 aromatic heterocycles. The molecular weight excluding hydrogens is 368 g/mol. The Balaban J connectivity index is 2.07. The van der Waals surface area contributed by atoms with E-state index in [-0.39, 0.29) is 5.97 Å². The number of aromatic amines is 1. The lowest BCUT2D eigenvalue weighted by atomic mass is 10.2. The molecular formula is C16H12BrClN2O2. The number of H-pyrrole nitrogens is 1. The third kappa shape index (κ3) is 2.87. The van der Waals surface area contributed by atoms with Crippen LogP contribution < -0.4 is 0 Å². The highest BCUT2D eigenvalue weighted by atomic mass is 79.9. The average molecular weight is 380 g/mol. The maximum absolute atomic E-state index is 11.9. The van der Waals surface area contributed by atoms with Crippen LogP contribution in [0.15, 0.2) is 40.9 Å². The highest BCUT2D eigenvalue weighted by Crippen LogP contribution is 2.28.